The van der Waals surface area contributed by atoms with E-state index in [1.165, 1.54) is 12.1 Å². The maximum atomic E-state index is 12.3. The predicted octanol–water partition coefficient (Wildman–Crippen LogP) is 2.48. The molecule has 1 saturated carbocycles. The molecule has 4 nitrogen and oxygen atoms in total. The van der Waals surface area contributed by atoms with Crippen molar-refractivity contribution in [1.82, 2.24) is 4.72 Å². The van der Waals surface area contributed by atoms with Crippen molar-refractivity contribution in [2.45, 2.75) is 35.4 Å². The fraction of sp³-hybridized carbons (Fsp3) is 0.500. The molecule has 19 heavy (non-hydrogen) atoms. The number of hydrogen-bond donors (Lipinski definition) is 2. The van der Waals surface area contributed by atoms with Gasteiger partial charge in [-0.1, -0.05) is 11.6 Å². The molecule has 0 radical (unpaired) electrons. The molecule has 0 saturated heterocycles. The highest BCUT2D eigenvalue weighted by molar-refractivity contribution is 7.99. The standard InChI is InChI=1S/C12H17ClN2O2S2/c1-18-10-4-3-9(7-10)15-19(16,17)12-6-8(14)2-5-11(12)13/h2,5-6,9-10,15H,3-4,7,14H2,1H3. The summed E-state index contributed by atoms with van der Waals surface area (Å²) in [6.07, 6.45) is 4.82. The second kappa shape index (κ2) is 5.91. The first-order chi connectivity index (χ1) is 8.92. The summed E-state index contributed by atoms with van der Waals surface area (Å²) in [5, 5.41) is 0.727. The third-order valence-corrected chi connectivity index (χ3v) is 6.38. The van der Waals surface area contributed by atoms with Gasteiger partial charge in [0.05, 0.1) is 5.02 Å². The molecule has 3 N–H and O–H groups in total. The molecule has 1 aromatic rings. The number of anilines is 1. The van der Waals surface area contributed by atoms with Crippen LogP contribution in [0, 0.1) is 0 Å². The van der Waals surface area contributed by atoms with E-state index in [4.69, 9.17) is 17.3 Å². The molecular weight excluding hydrogens is 304 g/mol. The number of nitrogens with one attached hydrogen (secondary N) is 1. The molecule has 0 aliphatic heterocycles. The van der Waals surface area contributed by atoms with Crippen LogP contribution in [0.5, 0.6) is 0 Å². The van der Waals surface area contributed by atoms with E-state index in [1.54, 1.807) is 17.8 Å². The molecule has 0 spiro atoms. The number of hydrogen-bond acceptors (Lipinski definition) is 4. The summed E-state index contributed by atoms with van der Waals surface area (Å²) < 4.78 is 27.3. The molecule has 2 atom stereocenters. The molecule has 7 heteroatoms. The largest absolute Gasteiger partial charge is 0.399 e. The predicted molar refractivity (Wildman–Crippen MR) is 81.1 cm³/mol. The van der Waals surface area contributed by atoms with Crippen LogP contribution in [0.25, 0.3) is 0 Å². The third kappa shape index (κ3) is 3.56. The van der Waals surface area contributed by atoms with Gasteiger partial charge in [-0.25, -0.2) is 13.1 Å². The minimum Gasteiger partial charge on any atom is -0.399 e. The monoisotopic (exact) mass is 320 g/mol. The summed E-state index contributed by atoms with van der Waals surface area (Å²) in [4.78, 5) is 0.0572. The van der Waals surface area contributed by atoms with Gasteiger partial charge in [0.1, 0.15) is 4.90 Å². The lowest BCUT2D eigenvalue weighted by Gasteiger charge is -2.14. The van der Waals surface area contributed by atoms with E-state index in [-0.39, 0.29) is 16.0 Å². The van der Waals surface area contributed by atoms with Gasteiger partial charge < -0.3 is 5.73 Å². The van der Waals surface area contributed by atoms with Crippen LogP contribution in [0.15, 0.2) is 23.1 Å². The first kappa shape index (κ1) is 15.0. The first-order valence-electron chi connectivity index (χ1n) is 6.02. The lowest BCUT2D eigenvalue weighted by molar-refractivity contribution is 0.552. The highest BCUT2D eigenvalue weighted by Crippen LogP contribution is 2.30. The number of halogens is 1. The minimum absolute atomic E-state index is 0.0139. The van der Waals surface area contributed by atoms with Gasteiger partial charge in [0.2, 0.25) is 10.0 Å². The fourth-order valence-corrected chi connectivity index (χ4v) is 4.88. The van der Waals surface area contributed by atoms with E-state index in [1.807, 2.05) is 0 Å². The number of nitrogens with two attached hydrogens (primary N) is 1. The van der Waals surface area contributed by atoms with Gasteiger partial charge in [-0.2, -0.15) is 11.8 Å². The van der Waals surface area contributed by atoms with Crippen molar-refractivity contribution in [2.75, 3.05) is 12.0 Å². The SMILES string of the molecule is CSC1CCC(NS(=O)(=O)c2cc(N)ccc2Cl)C1. The van der Waals surface area contributed by atoms with E-state index in [2.05, 4.69) is 11.0 Å². The number of thioether (sulfide) groups is 1. The highest BCUT2D eigenvalue weighted by Gasteiger charge is 2.29. The second-order valence-corrected chi connectivity index (χ2v) is 7.91. The Bertz CT molecular complexity index is 563. The summed E-state index contributed by atoms with van der Waals surface area (Å²) in [6.45, 7) is 0. The zero-order chi connectivity index (χ0) is 14.0. The molecule has 1 aliphatic rings. The maximum absolute atomic E-state index is 12.3. The zero-order valence-corrected chi connectivity index (χ0v) is 13.0. The van der Waals surface area contributed by atoms with Crippen molar-refractivity contribution in [3.8, 4) is 0 Å². The molecule has 2 unspecified atom stereocenters. The molecule has 2 rings (SSSR count). The number of benzene rings is 1. The Morgan fingerprint density at radius 2 is 2.16 bits per heavy atom. The minimum atomic E-state index is -3.60. The second-order valence-electron chi connectivity index (χ2n) is 4.68. The fourth-order valence-electron chi connectivity index (χ4n) is 2.27. The topological polar surface area (TPSA) is 72.2 Å². The summed E-state index contributed by atoms with van der Waals surface area (Å²) in [6, 6.07) is 4.47. The average Bonchev–Trinajstić information content (AvgIpc) is 2.79. The van der Waals surface area contributed by atoms with Gasteiger partial charge in [0.15, 0.2) is 0 Å². The first-order valence-corrected chi connectivity index (χ1v) is 9.17. The zero-order valence-electron chi connectivity index (χ0n) is 10.6. The molecule has 1 fully saturated rings. The van der Waals surface area contributed by atoms with Crippen molar-refractivity contribution >= 4 is 39.1 Å². The number of nitrogen functional groups attached to an aromatic ring is 1. The summed E-state index contributed by atoms with van der Waals surface area (Å²) >= 11 is 7.73. The van der Waals surface area contributed by atoms with Crippen molar-refractivity contribution in [3.63, 3.8) is 0 Å². The van der Waals surface area contributed by atoms with E-state index in [9.17, 15) is 8.42 Å². The Hall–Kier alpha value is -0.430. The van der Waals surface area contributed by atoms with Crippen LogP contribution in [-0.2, 0) is 10.0 Å². The van der Waals surface area contributed by atoms with E-state index in [0.29, 0.717) is 10.9 Å². The lowest BCUT2D eigenvalue weighted by atomic mass is 10.3. The molecular formula is C12H17ClN2O2S2. The Balaban J connectivity index is 2.17. The lowest BCUT2D eigenvalue weighted by Crippen LogP contribution is -2.33. The van der Waals surface area contributed by atoms with Crippen LogP contribution in [0.2, 0.25) is 5.02 Å². The summed E-state index contributed by atoms with van der Waals surface area (Å²) in [5.41, 5.74) is 6.01. The van der Waals surface area contributed by atoms with Crippen molar-refractivity contribution in [2.24, 2.45) is 0 Å². The van der Waals surface area contributed by atoms with E-state index < -0.39 is 10.0 Å². The summed E-state index contributed by atoms with van der Waals surface area (Å²) in [7, 11) is -3.60. The number of rotatable bonds is 4. The Morgan fingerprint density at radius 3 is 2.79 bits per heavy atom. The molecule has 0 heterocycles. The maximum Gasteiger partial charge on any atom is 0.242 e. The summed E-state index contributed by atoms with van der Waals surface area (Å²) in [5.74, 6) is 0. The molecule has 0 amide bonds. The average molecular weight is 321 g/mol. The molecule has 106 valence electrons. The van der Waals surface area contributed by atoms with Crippen LogP contribution in [-0.4, -0.2) is 26.0 Å². The molecule has 0 bridgehead atoms. The Labute approximate surface area is 123 Å². The van der Waals surface area contributed by atoms with Crippen molar-refractivity contribution in [3.05, 3.63) is 23.2 Å². The Kier molecular flexibility index (Phi) is 4.66. The van der Waals surface area contributed by atoms with Crippen LogP contribution in [0.3, 0.4) is 0 Å². The van der Waals surface area contributed by atoms with E-state index >= 15 is 0 Å². The van der Waals surface area contributed by atoms with Crippen LogP contribution < -0.4 is 10.5 Å². The molecule has 0 aromatic heterocycles. The molecule has 1 aliphatic carbocycles. The molecule has 1 aromatic carbocycles. The van der Waals surface area contributed by atoms with Gasteiger partial charge >= 0.3 is 0 Å². The number of sulfonamides is 1. The van der Waals surface area contributed by atoms with Crippen LogP contribution in [0.4, 0.5) is 5.69 Å². The normalized spacial score (nSPS) is 23.7. The van der Waals surface area contributed by atoms with Gasteiger partial charge in [-0.15, -0.1) is 0 Å². The van der Waals surface area contributed by atoms with E-state index in [0.717, 1.165) is 19.3 Å². The van der Waals surface area contributed by atoms with Crippen LogP contribution in [0.1, 0.15) is 19.3 Å². The van der Waals surface area contributed by atoms with Gasteiger partial charge in [-0.3, -0.25) is 0 Å². The van der Waals surface area contributed by atoms with Crippen molar-refractivity contribution in [1.29, 1.82) is 0 Å². The quantitative estimate of drug-likeness (QED) is 0.836. The van der Waals surface area contributed by atoms with Gasteiger partial charge in [-0.05, 0) is 43.7 Å². The smallest absolute Gasteiger partial charge is 0.242 e. The van der Waals surface area contributed by atoms with Gasteiger partial charge in [0, 0.05) is 17.0 Å². The Morgan fingerprint density at radius 1 is 1.42 bits per heavy atom. The van der Waals surface area contributed by atoms with Gasteiger partial charge in [0.25, 0.3) is 0 Å². The third-order valence-electron chi connectivity index (χ3n) is 3.28. The van der Waals surface area contributed by atoms with Crippen LogP contribution >= 0.6 is 23.4 Å². The highest BCUT2D eigenvalue weighted by atomic mass is 35.5. The van der Waals surface area contributed by atoms with Crippen molar-refractivity contribution < 1.29 is 8.42 Å².